The van der Waals surface area contributed by atoms with E-state index in [1.807, 2.05) is 0 Å². The largest absolute Gasteiger partial charge is 0.365 e. The fourth-order valence-corrected chi connectivity index (χ4v) is 4.79. The molecule has 0 fully saturated rings. The lowest BCUT2D eigenvalue weighted by molar-refractivity contribution is -0.117. The van der Waals surface area contributed by atoms with Crippen LogP contribution in [-0.2, 0) is 18.4 Å². The van der Waals surface area contributed by atoms with Crippen LogP contribution in [0.5, 0.6) is 0 Å². The van der Waals surface area contributed by atoms with Gasteiger partial charge in [0.05, 0.1) is 11.4 Å². The Labute approximate surface area is 207 Å². The standard InChI is InChI=1S/C21H17F6N7O2S/c1-7-9(5-33(2)31-7)8-3-10(17(22)23)29-21-14(8)15(16(37-21)20(28)36)30-13(35)6-34-12(19(26)27)4-11(32-34)18(24)25/h3-5,17-19H,6H2,1-2H3,(H2,28,36)(H,30,35). The van der Waals surface area contributed by atoms with E-state index in [1.165, 1.54) is 10.9 Å². The molecule has 3 N–H and O–H groups in total. The van der Waals surface area contributed by atoms with Crippen molar-refractivity contribution in [3.63, 3.8) is 0 Å². The molecule has 0 aliphatic rings. The number of nitrogens with two attached hydrogens (primary N) is 1. The molecule has 0 atom stereocenters. The first-order chi connectivity index (χ1) is 17.4. The first-order valence-corrected chi connectivity index (χ1v) is 11.2. The minimum absolute atomic E-state index is 0.0486. The zero-order valence-electron chi connectivity index (χ0n) is 19.0. The van der Waals surface area contributed by atoms with Gasteiger partial charge in [0, 0.05) is 24.2 Å². The van der Waals surface area contributed by atoms with Gasteiger partial charge < -0.3 is 11.1 Å². The summed E-state index contributed by atoms with van der Waals surface area (Å²) in [4.78, 5) is 28.6. The summed E-state index contributed by atoms with van der Waals surface area (Å²) in [5.41, 5.74) is 3.81. The minimum Gasteiger partial charge on any atom is -0.365 e. The zero-order valence-corrected chi connectivity index (χ0v) is 19.8. The zero-order chi connectivity index (χ0) is 27.2. The Morgan fingerprint density at radius 2 is 1.70 bits per heavy atom. The third-order valence-corrected chi connectivity index (χ3v) is 6.37. The fourth-order valence-electron chi connectivity index (χ4n) is 3.77. The average Bonchev–Trinajstić information content (AvgIpc) is 3.48. The average molecular weight is 545 g/mol. The van der Waals surface area contributed by atoms with E-state index in [0.29, 0.717) is 33.3 Å². The highest BCUT2D eigenvalue weighted by Crippen LogP contribution is 2.43. The Hall–Kier alpha value is -3.95. The highest BCUT2D eigenvalue weighted by atomic mass is 32.1. The van der Waals surface area contributed by atoms with Gasteiger partial charge in [-0.3, -0.25) is 19.0 Å². The van der Waals surface area contributed by atoms with Gasteiger partial charge in [-0.25, -0.2) is 31.3 Å². The summed E-state index contributed by atoms with van der Waals surface area (Å²) < 4.78 is 81.7. The number of primary amides is 1. The van der Waals surface area contributed by atoms with Crippen LogP contribution in [0.1, 0.15) is 51.7 Å². The van der Waals surface area contributed by atoms with Crippen molar-refractivity contribution in [2.75, 3.05) is 5.32 Å². The highest BCUT2D eigenvalue weighted by molar-refractivity contribution is 7.21. The summed E-state index contributed by atoms with van der Waals surface area (Å²) in [6.07, 6.45) is -7.77. The van der Waals surface area contributed by atoms with Crippen LogP contribution in [0.3, 0.4) is 0 Å². The second-order valence-electron chi connectivity index (χ2n) is 7.85. The van der Waals surface area contributed by atoms with Crippen LogP contribution in [0.4, 0.5) is 32.0 Å². The minimum atomic E-state index is -3.20. The molecular weight excluding hydrogens is 528 g/mol. The Morgan fingerprint density at radius 1 is 1.03 bits per heavy atom. The van der Waals surface area contributed by atoms with E-state index in [2.05, 4.69) is 20.5 Å². The lowest BCUT2D eigenvalue weighted by atomic mass is 10.0. The lowest BCUT2D eigenvalue weighted by Crippen LogP contribution is -2.22. The van der Waals surface area contributed by atoms with Gasteiger partial charge in [0.15, 0.2) is 0 Å². The number of rotatable bonds is 8. The third kappa shape index (κ3) is 5.00. The summed E-state index contributed by atoms with van der Waals surface area (Å²) >= 11 is 0.647. The molecule has 0 bridgehead atoms. The van der Waals surface area contributed by atoms with Gasteiger partial charge in [-0.15, -0.1) is 11.3 Å². The molecule has 4 aromatic rings. The predicted molar refractivity (Wildman–Crippen MR) is 121 cm³/mol. The van der Waals surface area contributed by atoms with Crippen molar-refractivity contribution in [1.82, 2.24) is 24.5 Å². The van der Waals surface area contributed by atoms with E-state index in [9.17, 15) is 35.9 Å². The van der Waals surface area contributed by atoms with Crippen LogP contribution in [0.25, 0.3) is 21.3 Å². The van der Waals surface area contributed by atoms with Crippen molar-refractivity contribution in [3.8, 4) is 11.1 Å². The summed E-state index contributed by atoms with van der Waals surface area (Å²) in [5.74, 6) is -2.03. The number of aromatic nitrogens is 5. The molecule has 4 aromatic heterocycles. The van der Waals surface area contributed by atoms with Gasteiger partial charge in [0.2, 0.25) is 5.91 Å². The van der Waals surface area contributed by atoms with Crippen LogP contribution in [0.15, 0.2) is 18.3 Å². The molecule has 0 aliphatic carbocycles. The lowest BCUT2D eigenvalue weighted by Gasteiger charge is -2.11. The molecular formula is C21H17F6N7O2S. The topological polar surface area (TPSA) is 121 Å². The molecule has 0 saturated carbocycles. The third-order valence-electron chi connectivity index (χ3n) is 5.27. The summed E-state index contributed by atoms with van der Waals surface area (Å²) in [5, 5.41) is 10.0. The number of pyridine rings is 1. The number of carbonyl (C=O) groups is 2. The van der Waals surface area contributed by atoms with Crippen molar-refractivity contribution in [2.24, 2.45) is 12.8 Å². The number of hydrogen-bond acceptors (Lipinski definition) is 6. The molecule has 196 valence electrons. The van der Waals surface area contributed by atoms with Gasteiger partial charge >= 0.3 is 0 Å². The van der Waals surface area contributed by atoms with Crippen LogP contribution < -0.4 is 11.1 Å². The number of carbonyl (C=O) groups excluding carboxylic acids is 2. The predicted octanol–water partition coefficient (Wildman–Crippen LogP) is 4.75. The summed E-state index contributed by atoms with van der Waals surface area (Å²) in [7, 11) is 1.60. The number of amides is 2. The Kier molecular flexibility index (Phi) is 6.94. The molecule has 0 unspecified atom stereocenters. The van der Waals surface area contributed by atoms with Crippen molar-refractivity contribution < 1.29 is 35.9 Å². The van der Waals surface area contributed by atoms with E-state index in [0.717, 1.165) is 6.07 Å². The Morgan fingerprint density at radius 3 is 2.24 bits per heavy atom. The fraction of sp³-hybridized carbons (Fsp3) is 0.286. The first kappa shape index (κ1) is 26.1. The molecule has 0 spiro atoms. The Bertz CT molecular complexity index is 1510. The second-order valence-corrected chi connectivity index (χ2v) is 8.85. The summed E-state index contributed by atoms with van der Waals surface area (Å²) in [6, 6.07) is 1.57. The molecule has 0 aliphatic heterocycles. The highest BCUT2D eigenvalue weighted by Gasteiger charge is 2.27. The molecule has 2 amide bonds. The van der Waals surface area contributed by atoms with Crippen molar-refractivity contribution in [2.45, 2.75) is 32.7 Å². The van der Waals surface area contributed by atoms with E-state index in [4.69, 9.17) is 5.73 Å². The van der Waals surface area contributed by atoms with Gasteiger partial charge in [-0.05, 0) is 24.6 Å². The molecule has 4 heterocycles. The molecule has 0 saturated heterocycles. The number of nitrogens with zero attached hydrogens (tertiary/aromatic N) is 5. The van der Waals surface area contributed by atoms with Crippen molar-refractivity contribution >= 4 is 39.1 Å². The van der Waals surface area contributed by atoms with Crippen LogP contribution in [-0.4, -0.2) is 36.4 Å². The number of nitrogens with one attached hydrogen (secondary N) is 1. The SMILES string of the molecule is Cc1nn(C)cc1-c1cc(C(F)F)nc2sc(C(N)=O)c(NC(=O)Cn3nc(C(F)F)cc3C(F)F)c12. The molecule has 0 aromatic carbocycles. The van der Waals surface area contributed by atoms with Gasteiger partial charge in [0.1, 0.15) is 33.3 Å². The maximum Gasteiger partial charge on any atom is 0.282 e. The quantitative estimate of drug-likeness (QED) is 0.310. The molecule has 37 heavy (non-hydrogen) atoms. The molecule has 16 heteroatoms. The maximum absolute atomic E-state index is 13.6. The van der Waals surface area contributed by atoms with Gasteiger partial charge in [-0.1, -0.05) is 0 Å². The number of halogens is 6. The Balaban J connectivity index is 1.84. The second kappa shape index (κ2) is 9.84. The number of thiophene rings is 1. The monoisotopic (exact) mass is 545 g/mol. The first-order valence-electron chi connectivity index (χ1n) is 10.4. The van der Waals surface area contributed by atoms with E-state index >= 15 is 0 Å². The molecule has 4 rings (SSSR count). The number of anilines is 1. The van der Waals surface area contributed by atoms with Crippen molar-refractivity contribution in [1.29, 1.82) is 0 Å². The normalized spacial score (nSPS) is 11.9. The van der Waals surface area contributed by atoms with Crippen LogP contribution >= 0.6 is 11.3 Å². The molecule has 9 nitrogen and oxygen atoms in total. The van der Waals surface area contributed by atoms with Gasteiger partial charge in [0.25, 0.3) is 25.2 Å². The van der Waals surface area contributed by atoms with Crippen LogP contribution in [0.2, 0.25) is 0 Å². The number of hydrogen-bond donors (Lipinski definition) is 2. The van der Waals surface area contributed by atoms with Crippen LogP contribution in [0, 0.1) is 6.92 Å². The van der Waals surface area contributed by atoms with E-state index in [-0.39, 0.29) is 26.3 Å². The van der Waals surface area contributed by atoms with E-state index < -0.39 is 54.7 Å². The smallest absolute Gasteiger partial charge is 0.282 e. The van der Waals surface area contributed by atoms with Crippen molar-refractivity contribution in [3.05, 3.63) is 46.0 Å². The number of aryl methyl sites for hydroxylation is 2. The number of fused-ring (bicyclic) bond motifs is 1. The van der Waals surface area contributed by atoms with Gasteiger partial charge in [-0.2, -0.15) is 10.2 Å². The summed E-state index contributed by atoms with van der Waals surface area (Å²) in [6.45, 7) is 0.708. The number of alkyl halides is 6. The van der Waals surface area contributed by atoms with E-state index in [1.54, 1.807) is 14.0 Å². The molecule has 0 radical (unpaired) electrons. The maximum atomic E-state index is 13.6.